The number of hydrogen-bond acceptors (Lipinski definition) is 3. The molecular formula is C21H33N3O. The Balaban J connectivity index is 1.38. The van der Waals surface area contributed by atoms with Crippen molar-refractivity contribution in [3.05, 3.63) is 35.9 Å². The van der Waals surface area contributed by atoms with Gasteiger partial charge in [0.15, 0.2) is 0 Å². The number of likely N-dealkylation sites (tertiary alicyclic amines) is 1. The lowest BCUT2D eigenvalue weighted by Gasteiger charge is -2.38. The van der Waals surface area contributed by atoms with E-state index in [1.54, 1.807) is 0 Å². The summed E-state index contributed by atoms with van der Waals surface area (Å²) in [5.41, 5.74) is 1.41. The van der Waals surface area contributed by atoms with Crippen LogP contribution < -0.4 is 0 Å². The fraction of sp³-hybridized carbons (Fsp3) is 0.667. The minimum absolute atomic E-state index is 0.330. The third-order valence-corrected chi connectivity index (χ3v) is 5.60. The molecule has 0 aromatic heterocycles. The maximum Gasteiger partial charge on any atom is 0.236 e. The molecule has 1 aromatic rings. The van der Waals surface area contributed by atoms with Crippen LogP contribution in [-0.4, -0.2) is 73.0 Å². The SMILES string of the molecule is CC1CC(C)CN(C(=O)CN2CCN(CCc3ccccc3)CC2)C1. The summed E-state index contributed by atoms with van der Waals surface area (Å²) in [6, 6.07) is 10.7. The van der Waals surface area contributed by atoms with E-state index in [4.69, 9.17) is 0 Å². The minimum Gasteiger partial charge on any atom is -0.341 e. The number of piperazine rings is 1. The van der Waals surface area contributed by atoms with E-state index >= 15 is 0 Å². The van der Waals surface area contributed by atoms with Crippen molar-refractivity contribution in [3.8, 4) is 0 Å². The zero-order valence-corrected chi connectivity index (χ0v) is 15.9. The van der Waals surface area contributed by atoms with Crippen LogP contribution in [0.3, 0.4) is 0 Å². The number of piperidine rings is 1. The summed E-state index contributed by atoms with van der Waals surface area (Å²) in [6.07, 6.45) is 2.37. The molecule has 0 aliphatic carbocycles. The Morgan fingerprint density at radius 3 is 2.20 bits per heavy atom. The second-order valence-electron chi connectivity index (χ2n) is 8.10. The average Bonchev–Trinajstić information content (AvgIpc) is 2.61. The van der Waals surface area contributed by atoms with Gasteiger partial charge >= 0.3 is 0 Å². The Morgan fingerprint density at radius 2 is 1.56 bits per heavy atom. The number of rotatable bonds is 5. The molecule has 2 saturated heterocycles. The summed E-state index contributed by atoms with van der Waals surface area (Å²) in [5, 5.41) is 0. The van der Waals surface area contributed by atoms with E-state index in [0.29, 0.717) is 24.3 Å². The summed E-state index contributed by atoms with van der Waals surface area (Å²) in [7, 11) is 0. The summed E-state index contributed by atoms with van der Waals surface area (Å²) >= 11 is 0. The van der Waals surface area contributed by atoms with Gasteiger partial charge in [0.1, 0.15) is 0 Å². The van der Waals surface area contributed by atoms with Crippen LogP contribution >= 0.6 is 0 Å². The topological polar surface area (TPSA) is 26.8 Å². The molecule has 1 amide bonds. The van der Waals surface area contributed by atoms with Gasteiger partial charge in [0.05, 0.1) is 6.54 Å². The van der Waals surface area contributed by atoms with Crippen LogP contribution in [0.25, 0.3) is 0 Å². The van der Waals surface area contributed by atoms with Gasteiger partial charge in [-0.2, -0.15) is 0 Å². The Hall–Kier alpha value is -1.39. The van der Waals surface area contributed by atoms with Gasteiger partial charge in [-0.15, -0.1) is 0 Å². The monoisotopic (exact) mass is 343 g/mol. The molecule has 25 heavy (non-hydrogen) atoms. The summed E-state index contributed by atoms with van der Waals surface area (Å²) in [6.45, 7) is 12.3. The molecule has 2 unspecified atom stereocenters. The Morgan fingerprint density at radius 1 is 0.960 bits per heavy atom. The average molecular weight is 344 g/mol. The van der Waals surface area contributed by atoms with Crippen LogP contribution in [-0.2, 0) is 11.2 Å². The van der Waals surface area contributed by atoms with Crippen LogP contribution in [0.1, 0.15) is 25.8 Å². The normalized spacial score (nSPS) is 25.9. The van der Waals surface area contributed by atoms with Crippen molar-refractivity contribution in [1.29, 1.82) is 0 Å². The lowest BCUT2D eigenvalue weighted by molar-refractivity contribution is -0.135. The Kier molecular flexibility index (Phi) is 6.49. The molecule has 138 valence electrons. The van der Waals surface area contributed by atoms with Crippen molar-refractivity contribution >= 4 is 5.91 Å². The number of benzene rings is 1. The molecular weight excluding hydrogens is 310 g/mol. The van der Waals surface area contributed by atoms with Gasteiger partial charge in [-0.3, -0.25) is 9.69 Å². The molecule has 2 aliphatic rings. The van der Waals surface area contributed by atoms with Crippen LogP contribution in [0.15, 0.2) is 30.3 Å². The second-order valence-corrected chi connectivity index (χ2v) is 8.10. The molecule has 0 radical (unpaired) electrons. The predicted molar refractivity (Wildman–Crippen MR) is 103 cm³/mol. The highest BCUT2D eigenvalue weighted by molar-refractivity contribution is 5.78. The number of hydrogen-bond donors (Lipinski definition) is 0. The maximum atomic E-state index is 12.6. The first-order valence-corrected chi connectivity index (χ1v) is 9.86. The van der Waals surface area contributed by atoms with E-state index in [1.165, 1.54) is 12.0 Å². The quantitative estimate of drug-likeness (QED) is 0.821. The van der Waals surface area contributed by atoms with Crippen molar-refractivity contribution in [1.82, 2.24) is 14.7 Å². The van der Waals surface area contributed by atoms with Crippen LogP contribution in [0, 0.1) is 11.8 Å². The summed E-state index contributed by atoms with van der Waals surface area (Å²) in [5.74, 6) is 1.61. The second kappa shape index (κ2) is 8.81. The molecule has 0 spiro atoms. The third-order valence-electron chi connectivity index (χ3n) is 5.60. The zero-order chi connectivity index (χ0) is 17.6. The number of nitrogens with zero attached hydrogens (tertiary/aromatic N) is 3. The van der Waals surface area contributed by atoms with E-state index in [1.807, 2.05) is 0 Å². The molecule has 0 saturated carbocycles. The summed E-state index contributed by atoms with van der Waals surface area (Å²) in [4.78, 5) is 19.6. The number of carbonyl (C=O) groups excluding carboxylic acids is 1. The van der Waals surface area contributed by atoms with Crippen LogP contribution in [0.5, 0.6) is 0 Å². The van der Waals surface area contributed by atoms with E-state index in [0.717, 1.165) is 52.2 Å². The molecule has 2 fully saturated rings. The fourth-order valence-electron chi connectivity index (χ4n) is 4.26. The van der Waals surface area contributed by atoms with Gasteiger partial charge < -0.3 is 9.80 Å². The molecule has 1 aromatic carbocycles. The number of amides is 1. The van der Waals surface area contributed by atoms with Crippen molar-refractivity contribution < 1.29 is 4.79 Å². The highest BCUT2D eigenvalue weighted by Gasteiger charge is 2.27. The van der Waals surface area contributed by atoms with Crippen molar-refractivity contribution in [2.24, 2.45) is 11.8 Å². The van der Waals surface area contributed by atoms with E-state index in [-0.39, 0.29) is 0 Å². The van der Waals surface area contributed by atoms with E-state index in [2.05, 4.69) is 58.9 Å². The van der Waals surface area contributed by atoms with Crippen molar-refractivity contribution in [2.45, 2.75) is 26.7 Å². The van der Waals surface area contributed by atoms with Gasteiger partial charge in [0.25, 0.3) is 0 Å². The lowest BCUT2D eigenvalue weighted by atomic mass is 9.92. The standard InChI is InChI=1S/C21H33N3O/c1-18-14-19(2)16-24(15-18)21(25)17-23-12-10-22(11-13-23)9-8-20-6-4-3-5-7-20/h3-7,18-19H,8-17H2,1-2H3. The first-order valence-electron chi connectivity index (χ1n) is 9.86. The fourth-order valence-corrected chi connectivity index (χ4v) is 4.26. The smallest absolute Gasteiger partial charge is 0.236 e. The zero-order valence-electron chi connectivity index (χ0n) is 15.9. The summed E-state index contributed by atoms with van der Waals surface area (Å²) < 4.78 is 0. The Labute approximate surface area is 152 Å². The third kappa shape index (κ3) is 5.55. The van der Waals surface area contributed by atoms with Crippen molar-refractivity contribution in [3.63, 3.8) is 0 Å². The van der Waals surface area contributed by atoms with Crippen LogP contribution in [0.2, 0.25) is 0 Å². The molecule has 3 rings (SSSR count). The van der Waals surface area contributed by atoms with Crippen molar-refractivity contribution in [2.75, 3.05) is 52.4 Å². The van der Waals surface area contributed by atoms with Gasteiger partial charge in [-0.05, 0) is 30.2 Å². The van der Waals surface area contributed by atoms with Gasteiger partial charge in [-0.1, -0.05) is 44.2 Å². The highest BCUT2D eigenvalue weighted by atomic mass is 16.2. The molecule has 4 heteroatoms. The molecule has 0 N–H and O–H groups in total. The molecule has 2 heterocycles. The molecule has 0 bridgehead atoms. The van der Waals surface area contributed by atoms with Gasteiger partial charge in [0, 0.05) is 45.8 Å². The Bertz CT molecular complexity index is 529. The lowest BCUT2D eigenvalue weighted by Crippen LogP contribution is -2.52. The first kappa shape index (κ1) is 18.4. The first-order chi connectivity index (χ1) is 12.1. The number of carbonyl (C=O) groups is 1. The predicted octanol–water partition coefficient (Wildman–Crippen LogP) is 2.35. The minimum atomic E-state index is 0.330. The van der Waals surface area contributed by atoms with E-state index < -0.39 is 0 Å². The van der Waals surface area contributed by atoms with Gasteiger partial charge in [-0.25, -0.2) is 0 Å². The van der Waals surface area contributed by atoms with E-state index in [9.17, 15) is 4.79 Å². The highest BCUT2D eigenvalue weighted by Crippen LogP contribution is 2.21. The molecule has 4 nitrogen and oxygen atoms in total. The maximum absolute atomic E-state index is 12.6. The van der Waals surface area contributed by atoms with Gasteiger partial charge in [0.2, 0.25) is 5.91 Å². The van der Waals surface area contributed by atoms with Crippen LogP contribution in [0.4, 0.5) is 0 Å². The molecule has 2 aliphatic heterocycles. The largest absolute Gasteiger partial charge is 0.341 e. The molecule has 2 atom stereocenters.